The molecule has 1 aromatic carbocycles. The third-order valence-electron chi connectivity index (χ3n) is 1.70. The standard InChI is InChI=1S/C10H6F4N2O2/c11-9-6(16-8(17)4-5-15)2-1-3-7(9)18-10(12,13)14/h1-3H,4H2,(H,16,17). The Balaban J connectivity index is 2.92. The molecule has 0 fully saturated rings. The van der Waals surface area contributed by atoms with Crippen LogP contribution in [0.1, 0.15) is 6.42 Å². The second-order valence-corrected chi connectivity index (χ2v) is 3.05. The zero-order valence-corrected chi connectivity index (χ0v) is 8.71. The molecule has 0 spiro atoms. The summed E-state index contributed by atoms with van der Waals surface area (Å²) in [4.78, 5) is 11.0. The predicted octanol–water partition coefficient (Wildman–Crippen LogP) is 2.58. The SMILES string of the molecule is N#CCC(=O)Nc1cccc(OC(F)(F)F)c1F. The van der Waals surface area contributed by atoms with Crippen LogP contribution >= 0.6 is 0 Å². The molecule has 0 radical (unpaired) electrons. The summed E-state index contributed by atoms with van der Waals surface area (Å²) < 4.78 is 52.7. The molecule has 1 N–H and O–H groups in total. The molecule has 1 rings (SSSR count). The van der Waals surface area contributed by atoms with Gasteiger partial charge in [-0.3, -0.25) is 4.79 Å². The second-order valence-electron chi connectivity index (χ2n) is 3.05. The summed E-state index contributed by atoms with van der Waals surface area (Å²) in [6, 6.07) is 4.41. The van der Waals surface area contributed by atoms with Crippen molar-refractivity contribution >= 4 is 11.6 Å². The van der Waals surface area contributed by atoms with Crippen LogP contribution in [0, 0.1) is 17.1 Å². The molecule has 18 heavy (non-hydrogen) atoms. The maximum atomic E-state index is 13.5. The molecule has 0 aliphatic heterocycles. The van der Waals surface area contributed by atoms with Crippen LogP contribution in [-0.2, 0) is 4.79 Å². The first-order chi connectivity index (χ1) is 8.33. The van der Waals surface area contributed by atoms with Gasteiger partial charge in [0.05, 0.1) is 11.8 Å². The number of ether oxygens (including phenoxy) is 1. The monoisotopic (exact) mass is 262 g/mol. The Labute approximate surface area is 98.8 Å². The average molecular weight is 262 g/mol. The van der Waals surface area contributed by atoms with Gasteiger partial charge in [0, 0.05) is 0 Å². The van der Waals surface area contributed by atoms with E-state index in [1.807, 2.05) is 5.32 Å². The second kappa shape index (κ2) is 5.35. The Morgan fingerprint density at radius 2 is 2.11 bits per heavy atom. The maximum absolute atomic E-state index is 13.5. The van der Waals surface area contributed by atoms with Crippen molar-refractivity contribution in [2.75, 3.05) is 5.32 Å². The van der Waals surface area contributed by atoms with E-state index in [9.17, 15) is 22.4 Å². The van der Waals surface area contributed by atoms with Crippen LogP contribution < -0.4 is 10.1 Å². The lowest BCUT2D eigenvalue weighted by atomic mass is 10.2. The van der Waals surface area contributed by atoms with Crippen LogP contribution in [0.4, 0.5) is 23.2 Å². The van der Waals surface area contributed by atoms with E-state index in [1.54, 1.807) is 0 Å². The number of carbonyl (C=O) groups is 1. The van der Waals surface area contributed by atoms with Gasteiger partial charge in [0.2, 0.25) is 5.91 Å². The third kappa shape index (κ3) is 3.93. The zero-order valence-electron chi connectivity index (χ0n) is 8.71. The number of nitrogens with zero attached hydrogens (tertiary/aromatic N) is 1. The molecular weight excluding hydrogens is 256 g/mol. The topological polar surface area (TPSA) is 62.1 Å². The van der Waals surface area contributed by atoms with Crippen molar-refractivity contribution in [2.45, 2.75) is 12.8 Å². The van der Waals surface area contributed by atoms with Gasteiger partial charge in [-0.25, -0.2) is 4.39 Å². The zero-order chi connectivity index (χ0) is 13.8. The molecule has 0 unspecified atom stereocenters. The number of anilines is 1. The highest BCUT2D eigenvalue weighted by Crippen LogP contribution is 2.29. The van der Waals surface area contributed by atoms with Gasteiger partial charge in [-0.2, -0.15) is 5.26 Å². The van der Waals surface area contributed by atoms with E-state index in [0.29, 0.717) is 0 Å². The number of nitriles is 1. The number of alkyl halides is 3. The van der Waals surface area contributed by atoms with Crippen molar-refractivity contribution in [1.82, 2.24) is 0 Å². The Morgan fingerprint density at radius 1 is 1.44 bits per heavy atom. The van der Waals surface area contributed by atoms with Crippen molar-refractivity contribution in [3.63, 3.8) is 0 Å². The summed E-state index contributed by atoms with van der Waals surface area (Å²) in [5, 5.41) is 10.2. The normalized spacial score (nSPS) is 10.6. The number of hydrogen-bond acceptors (Lipinski definition) is 3. The number of amides is 1. The molecule has 0 aromatic heterocycles. The van der Waals surface area contributed by atoms with E-state index in [4.69, 9.17) is 5.26 Å². The first-order valence-corrected chi connectivity index (χ1v) is 4.54. The fraction of sp³-hybridized carbons (Fsp3) is 0.200. The van der Waals surface area contributed by atoms with Gasteiger partial charge in [-0.05, 0) is 12.1 Å². The number of carbonyl (C=O) groups excluding carboxylic acids is 1. The van der Waals surface area contributed by atoms with Crippen molar-refractivity contribution in [2.24, 2.45) is 0 Å². The van der Waals surface area contributed by atoms with Gasteiger partial charge in [0.1, 0.15) is 6.42 Å². The van der Waals surface area contributed by atoms with E-state index < -0.39 is 35.9 Å². The van der Waals surface area contributed by atoms with Gasteiger partial charge in [-0.1, -0.05) is 6.07 Å². The first-order valence-electron chi connectivity index (χ1n) is 4.54. The molecule has 96 valence electrons. The molecule has 1 aromatic rings. The lowest BCUT2D eigenvalue weighted by Gasteiger charge is -2.11. The minimum absolute atomic E-state index is 0.489. The van der Waals surface area contributed by atoms with E-state index in [-0.39, 0.29) is 0 Å². The molecule has 0 aliphatic rings. The highest BCUT2D eigenvalue weighted by Gasteiger charge is 2.32. The molecule has 0 saturated carbocycles. The Hall–Kier alpha value is -2.30. The molecule has 0 heterocycles. The van der Waals surface area contributed by atoms with Gasteiger partial charge < -0.3 is 10.1 Å². The summed E-state index contributed by atoms with van der Waals surface area (Å²) in [5.74, 6) is -3.25. The lowest BCUT2D eigenvalue weighted by Crippen LogP contribution is -2.19. The molecule has 0 bridgehead atoms. The van der Waals surface area contributed by atoms with Crippen molar-refractivity contribution in [1.29, 1.82) is 5.26 Å². The summed E-state index contributed by atoms with van der Waals surface area (Å²) in [6.07, 6.45) is -5.57. The Bertz CT molecular complexity index is 494. The minimum Gasteiger partial charge on any atom is -0.403 e. The lowest BCUT2D eigenvalue weighted by molar-refractivity contribution is -0.275. The van der Waals surface area contributed by atoms with Crippen molar-refractivity contribution in [3.8, 4) is 11.8 Å². The molecule has 1 amide bonds. The highest BCUT2D eigenvalue weighted by atomic mass is 19.4. The van der Waals surface area contributed by atoms with Crippen molar-refractivity contribution < 1.29 is 27.1 Å². The number of benzene rings is 1. The van der Waals surface area contributed by atoms with Crippen molar-refractivity contribution in [3.05, 3.63) is 24.0 Å². The Morgan fingerprint density at radius 3 is 2.67 bits per heavy atom. The molecule has 0 saturated heterocycles. The maximum Gasteiger partial charge on any atom is 0.573 e. The fourth-order valence-electron chi connectivity index (χ4n) is 1.08. The quantitative estimate of drug-likeness (QED) is 0.851. The average Bonchev–Trinajstić information content (AvgIpc) is 2.22. The van der Waals surface area contributed by atoms with Crippen LogP contribution in [-0.4, -0.2) is 12.3 Å². The predicted molar refractivity (Wildman–Crippen MR) is 51.9 cm³/mol. The first kappa shape index (κ1) is 13.8. The number of nitrogens with one attached hydrogen (secondary N) is 1. The van der Waals surface area contributed by atoms with Crippen LogP contribution in [0.3, 0.4) is 0 Å². The van der Waals surface area contributed by atoms with Crippen LogP contribution in [0.15, 0.2) is 18.2 Å². The fourth-order valence-corrected chi connectivity index (χ4v) is 1.08. The molecular formula is C10H6F4N2O2. The van der Waals surface area contributed by atoms with Gasteiger partial charge >= 0.3 is 6.36 Å². The van der Waals surface area contributed by atoms with E-state index in [1.165, 1.54) is 6.07 Å². The summed E-state index contributed by atoms with van der Waals surface area (Å²) in [5.41, 5.74) is -0.489. The molecule has 8 heteroatoms. The van der Waals surface area contributed by atoms with Crippen LogP contribution in [0.5, 0.6) is 5.75 Å². The van der Waals surface area contributed by atoms with Gasteiger partial charge in [-0.15, -0.1) is 13.2 Å². The number of rotatable bonds is 3. The molecule has 0 atom stereocenters. The minimum atomic E-state index is -5.03. The van der Waals surface area contributed by atoms with Gasteiger partial charge in [0.15, 0.2) is 11.6 Å². The van der Waals surface area contributed by atoms with Crippen LogP contribution in [0.2, 0.25) is 0 Å². The van der Waals surface area contributed by atoms with E-state index in [2.05, 4.69) is 4.74 Å². The van der Waals surface area contributed by atoms with E-state index >= 15 is 0 Å². The highest BCUT2D eigenvalue weighted by molar-refractivity contribution is 5.92. The third-order valence-corrected chi connectivity index (χ3v) is 1.70. The largest absolute Gasteiger partial charge is 0.573 e. The summed E-state index contributed by atoms with van der Waals surface area (Å²) >= 11 is 0. The van der Waals surface area contributed by atoms with E-state index in [0.717, 1.165) is 18.2 Å². The number of hydrogen-bond donors (Lipinski definition) is 1. The molecule has 4 nitrogen and oxygen atoms in total. The Kier molecular flexibility index (Phi) is 4.09. The molecule has 0 aliphatic carbocycles. The summed E-state index contributed by atoms with van der Waals surface area (Å²) in [6.45, 7) is 0. The van der Waals surface area contributed by atoms with Gasteiger partial charge in [0.25, 0.3) is 0 Å². The summed E-state index contributed by atoms with van der Waals surface area (Å²) in [7, 11) is 0. The smallest absolute Gasteiger partial charge is 0.403 e. The number of halogens is 4. The van der Waals surface area contributed by atoms with Crippen LogP contribution in [0.25, 0.3) is 0 Å².